The highest BCUT2D eigenvalue weighted by Gasteiger charge is 2.31. The van der Waals surface area contributed by atoms with E-state index in [0.717, 1.165) is 16.9 Å². The third-order valence-electron chi connectivity index (χ3n) is 3.80. The van der Waals surface area contributed by atoms with Gasteiger partial charge in [0.05, 0.1) is 6.04 Å². The van der Waals surface area contributed by atoms with Crippen LogP contribution in [0.4, 0.5) is 16.2 Å². The van der Waals surface area contributed by atoms with Crippen LogP contribution < -0.4 is 15.5 Å². The topological polar surface area (TPSA) is 61.4 Å². The molecule has 2 aromatic carbocycles. The summed E-state index contributed by atoms with van der Waals surface area (Å²) in [5.41, 5.74) is 2.68. The molecule has 0 aromatic heterocycles. The number of rotatable bonds is 3. The number of hydrogen-bond donors (Lipinski definition) is 2. The molecule has 1 fully saturated rings. The maximum Gasteiger partial charge on any atom is 0.319 e. The van der Waals surface area contributed by atoms with Crippen LogP contribution in [-0.2, 0) is 4.79 Å². The lowest BCUT2D eigenvalue weighted by molar-refractivity contribution is -0.117. The number of para-hydroxylation sites is 1. The van der Waals surface area contributed by atoms with Gasteiger partial charge >= 0.3 is 6.03 Å². The van der Waals surface area contributed by atoms with Gasteiger partial charge in [-0.05, 0) is 36.8 Å². The predicted molar refractivity (Wildman–Crippen MR) is 90.5 cm³/mol. The van der Waals surface area contributed by atoms with Gasteiger partial charge in [0.1, 0.15) is 0 Å². The van der Waals surface area contributed by atoms with Crippen LogP contribution in [-0.4, -0.2) is 24.5 Å². The van der Waals surface area contributed by atoms with Crippen LogP contribution in [0, 0.1) is 6.92 Å². The highest BCUT2D eigenvalue weighted by molar-refractivity contribution is 5.97. The van der Waals surface area contributed by atoms with E-state index in [9.17, 15) is 9.59 Å². The van der Waals surface area contributed by atoms with Gasteiger partial charge in [0.25, 0.3) is 0 Å². The average molecular weight is 309 g/mol. The van der Waals surface area contributed by atoms with Crippen molar-refractivity contribution < 1.29 is 9.59 Å². The number of amides is 3. The molecular weight excluding hydrogens is 290 g/mol. The first-order valence-corrected chi connectivity index (χ1v) is 7.61. The lowest BCUT2D eigenvalue weighted by Gasteiger charge is -2.17. The summed E-state index contributed by atoms with van der Waals surface area (Å²) in [6, 6.07) is 16.6. The highest BCUT2D eigenvalue weighted by atomic mass is 16.2. The van der Waals surface area contributed by atoms with Crippen LogP contribution >= 0.6 is 0 Å². The third kappa shape index (κ3) is 3.69. The Morgan fingerprint density at radius 2 is 1.91 bits per heavy atom. The van der Waals surface area contributed by atoms with Crippen molar-refractivity contribution in [3.05, 3.63) is 60.2 Å². The molecule has 5 nitrogen and oxygen atoms in total. The van der Waals surface area contributed by atoms with Gasteiger partial charge in [-0.25, -0.2) is 4.79 Å². The van der Waals surface area contributed by atoms with Gasteiger partial charge in [0.2, 0.25) is 5.91 Å². The quantitative estimate of drug-likeness (QED) is 0.916. The maximum atomic E-state index is 12.1. The molecule has 0 radical (unpaired) electrons. The molecule has 2 aromatic rings. The van der Waals surface area contributed by atoms with E-state index in [-0.39, 0.29) is 18.0 Å². The molecule has 1 atom stereocenters. The van der Waals surface area contributed by atoms with Gasteiger partial charge < -0.3 is 15.5 Å². The number of urea groups is 1. The molecule has 5 heteroatoms. The molecule has 1 aliphatic heterocycles. The number of carbonyl (C=O) groups is 2. The third-order valence-corrected chi connectivity index (χ3v) is 3.80. The van der Waals surface area contributed by atoms with Crippen molar-refractivity contribution in [2.45, 2.75) is 19.4 Å². The van der Waals surface area contributed by atoms with Gasteiger partial charge in [-0.15, -0.1) is 0 Å². The summed E-state index contributed by atoms with van der Waals surface area (Å²) < 4.78 is 0. The van der Waals surface area contributed by atoms with Crippen LogP contribution in [0.25, 0.3) is 0 Å². The number of hydrogen-bond acceptors (Lipinski definition) is 2. The SMILES string of the molecule is Cc1cccc(NC(=O)NC2CC(=O)N(c3ccccc3)C2)c1. The van der Waals surface area contributed by atoms with Crippen molar-refractivity contribution >= 4 is 23.3 Å². The van der Waals surface area contributed by atoms with E-state index in [0.29, 0.717) is 13.0 Å². The lowest BCUT2D eigenvalue weighted by atomic mass is 10.2. The van der Waals surface area contributed by atoms with Gasteiger partial charge in [-0.2, -0.15) is 0 Å². The Labute approximate surface area is 135 Å². The molecule has 1 unspecified atom stereocenters. The molecular formula is C18H19N3O2. The van der Waals surface area contributed by atoms with E-state index in [1.54, 1.807) is 4.90 Å². The zero-order chi connectivity index (χ0) is 16.2. The van der Waals surface area contributed by atoms with Crippen LogP contribution in [0.15, 0.2) is 54.6 Å². The van der Waals surface area contributed by atoms with Crippen molar-refractivity contribution in [1.29, 1.82) is 0 Å². The number of benzene rings is 2. The fourth-order valence-corrected chi connectivity index (χ4v) is 2.74. The summed E-state index contributed by atoms with van der Waals surface area (Å²) in [6.07, 6.45) is 0.316. The summed E-state index contributed by atoms with van der Waals surface area (Å²) in [5, 5.41) is 5.66. The minimum absolute atomic E-state index is 0.0251. The Kier molecular flexibility index (Phi) is 4.28. The predicted octanol–water partition coefficient (Wildman–Crippen LogP) is 2.92. The van der Waals surface area contributed by atoms with Gasteiger partial charge in [0.15, 0.2) is 0 Å². The first kappa shape index (κ1) is 15.1. The number of aryl methyl sites for hydroxylation is 1. The number of anilines is 2. The summed E-state index contributed by atoms with van der Waals surface area (Å²) in [6.45, 7) is 2.46. The molecule has 3 amide bonds. The van der Waals surface area contributed by atoms with Crippen LogP contribution in [0.2, 0.25) is 0 Å². The summed E-state index contributed by atoms with van der Waals surface area (Å²) in [5.74, 6) is 0.0251. The fourth-order valence-electron chi connectivity index (χ4n) is 2.74. The largest absolute Gasteiger partial charge is 0.333 e. The number of nitrogens with zero attached hydrogens (tertiary/aromatic N) is 1. The fraction of sp³-hybridized carbons (Fsp3) is 0.222. The molecule has 1 aliphatic rings. The summed E-state index contributed by atoms with van der Waals surface area (Å²) in [4.78, 5) is 25.9. The van der Waals surface area contributed by atoms with E-state index < -0.39 is 0 Å². The van der Waals surface area contributed by atoms with Crippen molar-refractivity contribution in [1.82, 2.24) is 5.32 Å². The average Bonchev–Trinajstić information content (AvgIpc) is 2.88. The maximum absolute atomic E-state index is 12.1. The van der Waals surface area contributed by atoms with E-state index in [2.05, 4.69) is 10.6 Å². The molecule has 0 bridgehead atoms. The van der Waals surface area contributed by atoms with E-state index in [4.69, 9.17) is 0 Å². The van der Waals surface area contributed by atoms with Gasteiger partial charge in [0, 0.05) is 24.3 Å². The Bertz CT molecular complexity index is 715. The van der Waals surface area contributed by atoms with Crippen LogP contribution in [0.1, 0.15) is 12.0 Å². The van der Waals surface area contributed by atoms with Crippen molar-refractivity contribution in [2.24, 2.45) is 0 Å². The monoisotopic (exact) mass is 309 g/mol. The highest BCUT2D eigenvalue weighted by Crippen LogP contribution is 2.21. The normalized spacial score (nSPS) is 17.2. The Morgan fingerprint density at radius 1 is 1.13 bits per heavy atom. The van der Waals surface area contributed by atoms with Gasteiger partial charge in [-0.3, -0.25) is 4.79 Å². The molecule has 23 heavy (non-hydrogen) atoms. The Morgan fingerprint density at radius 3 is 2.65 bits per heavy atom. The molecule has 2 N–H and O–H groups in total. The van der Waals surface area contributed by atoms with E-state index >= 15 is 0 Å². The Hall–Kier alpha value is -2.82. The van der Waals surface area contributed by atoms with Crippen molar-refractivity contribution in [2.75, 3.05) is 16.8 Å². The van der Waals surface area contributed by atoms with Crippen LogP contribution in [0.5, 0.6) is 0 Å². The molecule has 3 rings (SSSR count). The number of nitrogens with one attached hydrogen (secondary N) is 2. The minimum atomic E-state index is -0.289. The molecule has 0 aliphatic carbocycles. The molecule has 0 saturated carbocycles. The first-order chi connectivity index (χ1) is 11.1. The second-order valence-corrected chi connectivity index (χ2v) is 5.71. The lowest BCUT2D eigenvalue weighted by Crippen LogP contribution is -2.39. The van der Waals surface area contributed by atoms with Crippen molar-refractivity contribution in [3.8, 4) is 0 Å². The first-order valence-electron chi connectivity index (χ1n) is 7.61. The second-order valence-electron chi connectivity index (χ2n) is 5.71. The van der Waals surface area contributed by atoms with Gasteiger partial charge in [-0.1, -0.05) is 30.3 Å². The van der Waals surface area contributed by atoms with E-state index in [1.165, 1.54) is 0 Å². The Balaban J connectivity index is 1.59. The standard InChI is InChI=1S/C18H19N3O2/c1-13-6-5-7-14(10-13)19-18(23)20-15-11-17(22)21(12-15)16-8-3-2-4-9-16/h2-10,15H,11-12H2,1H3,(H2,19,20,23). The molecule has 1 saturated heterocycles. The molecule has 0 spiro atoms. The minimum Gasteiger partial charge on any atom is -0.333 e. The zero-order valence-electron chi connectivity index (χ0n) is 13.0. The second kappa shape index (κ2) is 6.52. The molecule has 118 valence electrons. The number of carbonyl (C=O) groups excluding carboxylic acids is 2. The summed E-state index contributed by atoms with van der Waals surface area (Å²) in [7, 11) is 0. The van der Waals surface area contributed by atoms with E-state index in [1.807, 2.05) is 61.5 Å². The molecule has 1 heterocycles. The van der Waals surface area contributed by atoms with Crippen LogP contribution in [0.3, 0.4) is 0 Å². The zero-order valence-corrected chi connectivity index (χ0v) is 13.0. The smallest absolute Gasteiger partial charge is 0.319 e. The van der Waals surface area contributed by atoms with Crippen molar-refractivity contribution in [3.63, 3.8) is 0 Å². The summed E-state index contributed by atoms with van der Waals surface area (Å²) >= 11 is 0.